The van der Waals surface area contributed by atoms with Crippen molar-refractivity contribution in [3.05, 3.63) is 34.9 Å². The van der Waals surface area contributed by atoms with Gasteiger partial charge in [-0.05, 0) is 66.9 Å². The molecule has 27 heavy (non-hydrogen) atoms. The maximum absolute atomic E-state index is 11.3. The molecule has 2 atom stereocenters. The molecule has 5 N–H and O–H groups in total. The summed E-state index contributed by atoms with van der Waals surface area (Å²) < 4.78 is 23.4. The summed E-state index contributed by atoms with van der Waals surface area (Å²) >= 11 is 3.47. The van der Waals surface area contributed by atoms with Crippen LogP contribution in [0.1, 0.15) is 26.7 Å². The fourth-order valence-corrected chi connectivity index (χ4v) is 3.31. The molecule has 0 aliphatic heterocycles. The summed E-state index contributed by atoms with van der Waals surface area (Å²) in [6, 6.07) is 7.22. The number of halogens is 1. The van der Waals surface area contributed by atoms with Gasteiger partial charge in [0.15, 0.2) is 0 Å². The minimum atomic E-state index is -3.71. The van der Waals surface area contributed by atoms with Crippen LogP contribution in [-0.2, 0) is 10.0 Å². The Morgan fingerprint density at radius 2 is 1.85 bits per heavy atom. The summed E-state index contributed by atoms with van der Waals surface area (Å²) in [7, 11) is -3.71. The second-order valence-corrected chi connectivity index (χ2v) is 9.16. The van der Waals surface area contributed by atoms with Crippen LogP contribution in [0.4, 0.5) is 17.5 Å². The van der Waals surface area contributed by atoms with E-state index in [2.05, 4.69) is 55.7 Å². The van der Waals surface area contributed by atoms with E-state index in [0.717, 1.165) is 4.47 Å². The zero-order valence-corrected chi connectivity index (χ0v) is 17.5. The molecule has 0 saturated heterocycles. The number of anilines is 3. The molecular formula is C17H23BrN6O2S. The van der Waals surface area contributed by atoms with Crippen molar-refractivity contribution in [2.24, 2.45) is 5.14 Å². The molecule has 8 nitrogen and oxygen atoms in total. The highest BCUT2D eigenvalue weighted by Gasteiger charge is 2.25. The molecule has 1 aliphatic rings. The van der Waals surface area contributed by atoms with E-state index >= 15 is 0 Å². The Bertz CT molecular complexity index is 902. The molecule has 146 valence electrons. The van der Waals surface area contributed by atoms with Crippen LogP contribution in [0.25, 0.3) is 0 Å². The number of nitrogens with two attached hydrogens (primary N) is 1. The minimum Gasteiger partial charge on any atom is -0.365 e. The van der Waals surface area contributed by atoms with E-state index in [1.54, 1.807) is 18.3 Å². The fraction of sp³-hybridized carbons (Fsp3) is 0.412. The van der Waals surface area contributed by atoms with E-state index in [1.807, 2.05) is 0 Å². The first-order valence-electron chi connectivity index (χ1n) is 8.67. The summed E-state index contributed by atoms with van der Waals surface area (Å²) in [5.41, 5.74) is 0.660. The predicted octanol–water partition coefficient (Wildman–Crippen LogP) is 2.57. The number of rotatable bonds is 8. The molecule has 0 amide bonds. The molecule has 1 heterocycles. The van der Waals surface area contributed by atoms with E-state index in [1.165, 1.54) is 25.0 Å². The summed E-state index contributed by atoms with van der Waals surface area (Å²) in [6.45, 7) is 4.25. The largest absolute Gasteiger partial charge is 0.365 e. The topological polar surface area (TPSA) is 122 Å². The number of benzene rings is 1. The average molecular weight is 455 g/mol. The first kappa shape index (κ1) is 20.0. The van der Waals surface area contributed by atoms with Crippen molar-refractivity contribution in [2.75, 3.05) is 10.6 Å². The van der Waals surface area contributed by atoms with E-state index in [4.69, 9.17) is 5.14 Å². The van der Waals surface area contributed by atoms with Gasteiger partial charge in [-0.3, -0.25) is 0 Å². The molecule has 0 radical (unpaired) electrons. The molecule has 1 aromatic carbocycles. The molecule has 2 aromatic rings. The highest BCUT2D eigenvalue weighted by Crippen LogP contribution is 2.24. The summed E-state index contributed by atoms with van der Waals surface area (Å²) in [5.74, 6) is 1.09. The highest BCUT2D eigenvalue weighted by molar-refractivity contribution is 9.10. The standard InChI is InChI=1S/C17H23BrN6O2S/c1-10(21-12-3-4-12)11(2)22-16-15(18)9-20-17(24-16)23-13-5-7-14(8-6-13)27(19,25)26/h5-12,21H,3-4H2,1-2H3,(H2,19,25,26)(H2,20,22,23,24). The summed E-state index contributed by atoms with van der Waals surface area (Å²) in [6.07, 6.45) is 4.15. The first-order chi connectivity index (χ1) is 12.7. The third-order valence-electron chi connectivity index (χ3n) is 4.37. The molecule has 0 spiro atoms. The van der Waals surface area contributed by atoms with E-state index in [9.17, 15) is 8.42 Å². The maximum atomic E-state index is 11.3. The molecule has 0 bridgehead atoms. The number of primary sulfonamides is 1. The Labute approximate surface area is 167 Å². The number of nitrogens with zero attached hydrogens (tertiary/aromatic N) is 2. The minimum absolute atomic E-state index is 0.0538. The Morgan fingerprint density at radius 3 is 2.44 bits per heavy atom. The molecule has 3 rings (SSSR count). The van der Waals surface area contributed by atoms with Crippen molar-refractivity contribution in [2.45, 2.75) is 49.7 Å². The highest BCUT2D eigenvalue weighted by atomic mass is 79.9. The van der Waals surface area contributed by atoms with Gasteiger partial charge in [-0.2, -0.15) is 4.98 Å². The van der Waals surface area contributed by atoms with Gasteiger partial charge in [0, 0.05) is 30.0 Å². The summed E-state index contributed by atoms with van der Waals surface area (Å²) in [5, 5.41) is 15.1. The predicted molar refractivity (Wildman–Crippen MR) is 110 cm³/mol. The van der Waals surface area contributed by atoms with Crippen LogP contribution in [-0.4, -0.2) is 36.5 Å². The van der Waals surface area contributed by atoms with Gasteiger partial charge in [0.25, 0.3) is 0 Å². The van der Waals surface area contributed by atoms with Crippen molar-refractivity contribution in [3.8, 4) is 0 Å². The number of aromatic nitrogens is 2. The second-order valence-electron chi connectivity index (χ2n) is 6.75. The monoisotopic (exact) mass is 454 g/mol. The smallest absolute Gasteiger partial charge is 0.238 e. The Kier molecular flexibility index (Phi) is 5.99. The van der Waals surface area contributed by atoms with Gasteiger partial charge in [0.2, 0.25) is 16.0 Å². The number of nitrogens with one attached hydrogen (secondary N) is 3. The van der Waals surface area contributed by atoms with Crippen LogP contribution in [0.15, 0.2) is 39.8 Å². The van der Waals surface area contributed by atoms with Crippen molar-refractivity contribution < 1.29 is 8.42 Å². The number of sulfonamides is 1. The number of hydrogen-bond acceptors (Lipinski definition) is 7. The van der Waals surface area contributed by atoms with Crippen LogP contribution in [0.3, 0.4) is 0 Å². The zero-order valence-electron chi connectivity index (χ0n) is 15.1. The van der Waals surface area contributed by atoms with E-state index < -0.39 is 10.0 Å². The molecule has 2 unspecified atom stereocenters. The normalized spacial score (nSPS) is 16.6. The van der Waals surface area contributed by atoms with Crippen molar-refractivity contribution in [1.29, 1.82) is 0 Å². The third-order valence-corrected chi connectivity index (χ3v) is 5.88. The molecule has 1 aromatic heterocycles. The van der Waals surface area contributed by atoms with Gasteiger partial charge in [0.05, 0.1) is 9.37 Å². The van der Waals surface area contributed by atoms with Gasteiger partial charge in [-0.25, -0.2) is 18.5 Å². The molecule has 1 fully saturated rings. The summed E-state index contributed by atoms with van der Waals surface area (Å²) in [4.78, 5) is 8.81. The van der Waals surface area contributed by atoms with Crippen molar-refractivity contribution in [1.82, 2.24) is 15.3 Å². The molecular weight excluding hydrogens is 432 g/mol. The molecule has 1 aliphatic carbocycles. The lowest BCUT2D eigenvalue weighted by Gasteiger charge is -2.23. The number of hydrogen-bond donors (Lipinski definition) is 4. The van der Waals surface area contributed by atoms with Crippen molar-refractivity contribution >= 4 is 43.4 Å². The lowest BCUT2D eigenvalue weighted by atomic mass is 10.1. The van der Waals surface area contributed by atoms with Crippen LogP contribution in [0, 0.1) is 0 Å². The molecule has 10 heteroatoms. The van der Waals surface area contributed by atoms with E-state index in [-0.39, 0.29) is 10.9 Å². The lowest BCUT2D eigenvalue weighted by molar-refractivity contribution is 0.494. The van der Waals surface area contributed by atoms with Gasteiger partial charge in [0.1, 0.15) is 5.82 Å². The van der Waals surface area contributed by atoms with E-state index in [0.29, 0.717) is 29.5 Å². The van der Waals surface area contributed by atoms with Gasteiger partial charge < -0.3 is 16.0 Å². The van der Waals surface area contributed by atoms with Gasteiger partial charge >= 0.3 is 0 Å². The second kappa shape index (κ2) is 8.09. The Balaban J connectivity index is 1.69. The SMILES string of the molecule is CC(Nc1nc(Nc2ccc(S(N)(=O)=O)cc2)ncc1Br)C(C)NC1CC1. The van der Waals surface area contributed by atoms with Gasteiger partial charge in [-0.1, -0.05) is 0 Å². The van der Waals surface area contributed by atoms with Crippen LogP contribution in [0.5, 0.6) is 0 Å². The fourth-order valence-electron chi connectivity index (χ4n) is 2.49. The third kappa shape index (κ3) is 5.61. The van der Waals surface area contributed by atoms with Gasteiger partial charge in [-0.15, -0.1) is 0 Å². The first-order valence-corrected chi connectivity index (χ1v) is 11.0. The van der Waals surface area contributed by atoms with Crippen LogP contribution >= 0.6 is 15.9 Å². The lowest BCUT2D eigenvalue weighted by Crippen LogP contribution is -2.41. The van der Waals surface area contributed by atoms with Crippen LogP contribution in [0.2, 0.25) is 0 Å². The molecule has 1 saturated carbocycles. The quantitative estimate of drug-likeness (QED) is 0.483. The average Bonchev–Trinajstić information content (AvgIpc) is 3.41. The Hall–Kier alpha value is -1.75. The Morgan fingerprint density at radius 1 is 1.19 bits per heavy atom. The zero-order chi connectivity index (χ0) is 19.6. The maximum Gasteiger partial charge on any atom is 0.238 e. The van der Waals surface area contributed by atoms with Crippen molar-refractivity contribution in [3.63, 3.8) is 0 Å². The van der Waals surface area contributed by atoms with Crippen LogP contribution < -0.4 is 21.1 Å².